The van der Waals surface area contributed by atoms with E-state index in [1.165, 1.54) is 30.2 Å². The predicted molar refractivity (Wildman–Crippen MR) is 113 cm³/mol. The number of anilines is 1. The zero-order valence-electron chi connectivity index (χ0n) is 16.2. The zero-order chi connectivity index (χ0) is 20.8. The van der Waals surface area contributed by atoms with Crippen LogP contribution in [-0.4, -0.2) is 46.1 Å². The van der Waals surface area contributed by atoms with E-state index < -0.39 is 5.97 Å². The molecule has 0 atom stereocenters. The lowest BCUT2D eigenvalue weighted by Crippen LogP contribution is -2.16. The van der Waals surface area contributed by atoms with Crippen LogP contribution in [0, 0.1) is 0 Å². The third-order valence-electron chi connectivity index (χ3n) is 3.92. The van der Waals surface area contributed by atoms with Crippen LogP contribution < -0.4 is 10.1 Å². The van der Waals surface area contributed by atoms with Crippen LogP contribution in [0.25, 0.3) is 11.4 Å². The van der Waals surface area contributed by atoms with Gasteiger partial charge in [-0.25, -0.2) is 4.79 Å². The maximum atomic E-state index is 12.3. The number of aromatic nitrogens is 3. The second-order valence-electron chi connectivity index (χ2n) is 5.79. The topological polar surface area (TPSA) is 95.3 Å². The van der Waals surface area contributed by atoms with Crippen molar-refractivity contribution >= 4 is 40.0 Å². The minimum absolute atomic E-state index is 0.123. The minimum atomic E-state index is -0.486. The highest BCUT2D eigenvalue weighted by molar-refractivity contribution is 7.99. The number of hydrogen-bond acceptors (Lipinski definition) is 8. The van der Waals surface area contributed by atoms with Crippen LogP contribution in [0.3, 0.4) is 0 Å². The van der Waals surface area contributed by atoms with Gasteiger partial charge in [0.2, 0.25) is 5.91 Å². The largest absolute Gasteiger partial charge is 0.493 e. The van der Waals surface area contributed by atoms with E-state index in [1.807, 2.05) is 42.8 Å². The quantitative estimate of drug-likeness (QED) is 0.430. The Bertz CT molecular complexity index is 1020. The molecule has 29 heavy (non-hydrogen) atoms. The monoisotopic (exact) mass is 432 g/mol. The molecule has 0 fully saturated rings. The van der Waals surface area contributed by atoms with Crippen molar-refractivity contribution in [1.82, 2.24) is 14.8 Å². The van der Waals surface area contributed by atoms with Crippen molar-refractivity contribution in [3.8, 4) is 17.1 Å². The van der Waals surface area contributed by atoms with Crippen LogP contribution >= 0.6 is 23.1 Å². The molecular formula is C19H20N4O4S2. The van der Waals surface area contributed by atoms with Crippen molar-refractivity contribution in [2.45, 2.75) is 12.1 Å². The fourth-order valence-corrected chi connectivity index (χ4v) is 4.08. The average Bonchev–Trinajstić information content (AvgIpc) is 3.33. The summed E-state index contributed by atoms with van der Waals surface area (Å²) in [7, 11) is 3.14. The molecule has 0 aliphatic carbocycles. The van der Waals surface area contributed by atoms with Crippen LogP contribution in [0.4, 0.5) is 5.00 Å². The summed E-state index contributed by atoms with van der Waals surface area (Å²) in [5.74, 6) is 0.774. The highest BCUT2D eigenvalue weighted by atomic mass is 32.2. The molecule has 0 spiro atoms. The fraction of sp³-hybridized carbons (Fsp3) is 0.263. The smallest absolute Gasteiger partial charge is 0.340 e. The van der Waals surface area contributed by atoms with E-state index in [2.05, 4.69) is 15.5 Å². The van der Waals surface area contributed by atoms with Crippen molar-refractivity contribution in [3.63, 3.8) is 0 Å². The summed E-state index contributed by atoms with van der Waals surface area (Å²) < 4.78 is 12.2. The normalized spacial score (nSPS) is 10.6. The summed E-state index contributed by atoms with van der Waals surface area (Å²) in [4.78, 5) is 24.0. The Morgan fingerprint density at radius 1 is 1.24 bits per heavy atom. The van der Waals surface area contributed by atoms with Crippen LogP contribution in [0.5, 0.6) is 5.75 Å². The number of thiophene rings is 1. The Morgan fingerprint density at radius 2 is 2.03 bits per heavy atom. The lowest BCUT2D eigenvalue weighted by molar-refractivity contribution is -0.113. The molecule has 2 heterocycles. The molecule has 1 N–H and O–H groups in total. The molecule has 0 bridgehead atoms. The van der Waals surface area contributed by atoms with Crippen LogP contribution in [0.2, 0.25) is 0 Å². The minimum Gasteiger partial charge on any atom is -0.493 e. The molecule has 10 heteroatoms. The van der Waals surface area contributed by atoms with E-state index in [4.69, 9.17) is 9.47 Å². The highest BCUT2D eigenvalue weighted by Crippen LogP contribution is 2.30. The summed E-state index contributed by atoms with van der Waals surface area (Å²) in [6, 6.07) is 9.23. The van der Waals surface area contributed by atoms with Gasteiger partial charge in [-0.15, -0.1) is 21.5 Å². The van der Waals surface area contributed by atoms with E-state index in [9.17, 15) is 9.59 Å². The van der Waals surface area contributed by atoms with Gasteiger partial charge in [-0.3, -0.25) is 4.79 Å². The first-order valence-electron chi connectivity index (χ1n) is 8.75. The highest BCUT2D eigenvalue weighted by Gasteiger charge is 2.18. The lowest BCUT2D eigenvalue weighted by Gasteiger charge is -2.09. The van der Waals surface area contributed by atoms with Gasteiger partial charge in [0.1, 0.15) is 10.8 Å². The van der Waals surface area contributed by atoms with Gasteiger partial charge in [-0.05, 0) is 30.5 Å². The molecule has 0 radical (unpaired) electrons. The number of amides is 1. The van der Waals surface area contributed by atoms with E-state index in [1.54, 1.807) is 11.4 Å². The molecule has 2 aromatic heterocycles. The van der Waals surface area contributed by atoms with Gasteiger partial charge in [0.25, 0.3) is 0 Å². The molecule has 3 rings (SSSR count). The molecule has 3 aromatic rings. The predicted octanol–water partition coefficient (Wildman–Crippen LogP) is 3.46. The fourth-order valence-electron chi connectivity index (χ4n) is 2.58. The number of hydrogen-bond donors (Lipinski definition) is 1. The van der Waals surface area contributed by atoms with Gasteiger partial charge < -0.3 is 19.4 Å². The summed E-state index contributed by atoms with van der Waals surface area (Å²) in [6.45, 7) is 2.47. The summed E-state index contributed by atoms with van der Waals surface area (Å²) >= 11 is 2.52. The van der Waals surface area contributed by atoms with E-state index in [0.29, 0.717) is 28.2 Å². The first-order chi connectivity index (χ1) is 14.0. The maximum absolute atomic E-state index is 12.3. The van der Waals surface area contributed by atoms with Crippen LogP contribution in [0.15, 0.2) is 40.9 Å². The Hall–Kier alpha value is -2.85. The molecule has 0 saturated carbocycles. The number of nitrogens with one attached hydrogen (secondary N) is 1. The van der Waals surface area contributed by atoms with Crippen LogP contribution in [-0.2, 0) is 16.6 Å². The van der Waals surface area contributed by atoms with E-state index >= 15 is 0 Å². The van der Waals surface area contributed by atoms with E-state index in [0.717, 1.165) is 11.3 Å². The third-order valence-corrected chi connectivity index (χ3v) is 5.77. The number of carbonyl (C=O) groups excluding carboxylic acids is 2. The number of benzene rings is 1. The van der Waals surface area contributed by atoms with Gasteiger partial charge in [0.05, 0.1) is 30.6 Å². The Kier molecular flexibility index (Phi) is 6.89. The van der Waals surface area contributed by atoms with Crippen molar-refractivity contribution in [1.29, 1.82) is 0 Å². The molecule has 0 aliphatic rings. The van der Waals surface area contributed by atoms with Crippen molar-refractivity contribution in [2.24, 2.45) is 7.05 Å². The first-order valence-corrected chi connectivity index (χ1v) is 10.6. The van der Waals surface area contributed by atoms with Gasteiger partial charge in [-0.2, -0.15) is 0 Å². The molecule has 1 amide bonds. The third kappa shape index (κ3) is 4.77. The number of carbonyl (C=O) groups is 2. The van der Waals surface area contributed by atoms with Crippen molar-refractivity contribution in [3.05, 3.63) is 41.3 Å². The zero-order valence-corrected chi connectivity index (χ0v) is 17.8. The Labute approximate surface area is 176 Å². The maximum Gasteiger partial charge on any atom is 0.340 e. The lowest BCUT2D eigenvalue weighted by atomic mass is 10.2. The van der Waals surface area contributed by atoms with E-state index in [-0.39, 0.29) is 11.7 Å². The first kappa shape index (κ1) is 20.9. The second kappa shape index (κ2) is 9.57. The number of esters is 1. The van der Waals surface area contributed by atoms with Crippen molar-refractivity contribution in [2.75, 3.05) is 24.8 Å². The summed E-state index contributed by atoms with van der Waals surface area (Å²) in [5.41, 5.74) is 1.17. The molecule has 8 nitrogen and oxygen atoms in total. The standard InChI is InChI=1S/C19H20N4O4S2/c1-4-27-14-8-6-5-7-12(14)16-21-22-19(23(16)2)29-11-15(24)20-17-13(9-10-28-17)18(25)26-3/h5-10H,4,11H2,1-3H3,(H,20,24). The van der Waals surface area contributed by atoms with Gasteiger partial charge in [0, 0.05) is 7.05 Å². The van der Waals surface area contributed by atoms with Gasteiger partial charge >= 0.3 is 5.97 Å². The molecule has 1 aromatic carbocycles. The number of thioether (sulfide) groups is 1. The molecule has 0 unspecified atom stereocenters. The SMILES string of the molecule is CCOc1ccccc1-c1nnc(SCC(=O)Nc2sccc2C(=O)OC)n1C. The average molecular weight is 433 g/mol. The molecular weight excluding hydrogens is 412 g/mol. The summed E-state index contributed by atoms with van der Waals surface area (Å²) in [5, 5.41) is 14.0. The number of methoxy groups -OCH3 is 1. The summed E-state index contributed by atoms with van der Waals surface area (Å²) in [6.07, 6.45) is 0. The molecule has 0 saturated heterocycles. The molecule has 0 aliphatic heterocycles. The number of rotatable bonds is 8. The number of ether oxygens (including phenoxy) is 2. The van der Waals surface area contributed by atoms with Crippen molar-refractivity contribution < 1.29 is 19.1 Å². The van der Waals surface area contributed by atoms with Crippen LogP contribution in [0.1, 0.15) is 17.3 Å². The second-order valence-corrected chi connectivity index (χ2v) is 7.64. The molecule has 152 valence electrons. The number of para-hydroxylation sites is 1. The van der Waals surface area contributed by atoms with Gasteiger partial charge in [-0.1, -0.05) is 23.9 Å². The Balaban J connectivity index is 1.68. The number of nitrogens with zero attached hydrogens (tertiary/aromatic N) is 3. The Morgan fingerprint density at radius 3 is 2.79 bits per heavy atom. The van der Waals surface area contributed by atoms with Gasteiger partial charge in [0.15, 0.2) is 11.0 Å².